The first-order chi connectivity index (χ1) is 15.8. The van der Waals surface area contributed by atoms with Crippen molar-refractivity contribution in [1.82, 2.24) is 9.55 Å². The van der Waals surface area contributed by atoms with Gasteiger partial charge in [0.05, 0.1) is 21.8 Å². The molecule has 1 aromatic heterocycles. The first-order valence-corrected chi connectivity index (χ1v) is 11.4. The van der Waals surface area contributed by atoms with Gasteiger partial charge in [-0.05, 0) is 61.9 Å². The fourth-order valence-corrected chi connectivity index (χ4v) is 4.58. The number of benzene rings is 3. The first kappa shape index (κ1) is 22.5. The lowest BCUT2D eigenvalue weighted by atomic mass is 10.1. The highest BCUT2D eigenvalue weighted by atomic mass is 32.2. The van der Waals surface area contributed by atoms with Crippen LogP contribution in [0.25, 0.3) is 16.6 Å². The maximum absolute atomic E-state index is 13.4. The summed E-state index contributed by atoms with van der Waals surface area (Å²) in [5.74, 6) is -0.261. The number of carbonyl (C=O) groups is 2. The Morgan fingerprint density at radius 1 is 0.970 bits per heavy atom. The summed E-state index contributed by atoms with van der Waals surface area (Å²) in [5.41, 5.74) is 3.25. The van der Waals surface area contributed by atoms with Crippen LogP contribution in [0.4, 0.5) is 5.69 Å². The number of hydrogen-bond acceptors (Lipinski definition) is 5. The van der Waals surface area contributed by atoms with Gasteiger partial charge in [0.15, 0.2) is 10.9 Å². The average molecular weight is 458 g/mol. The third-order valence-corrected chi connectivity index (χ3v) is 6.29. The standard InChI is InChI=1S/C26H23N3O3S/c1-16-8-4-7-11-23(16)29-25(32)21-9-5-6-10-22(21)28-26(29)33-17(2)24(31)19-12-14-20(15-13-19)27-18(3)30/h4-15,17H,1-3H3,(H,27,30). The molecule has 0 bridgehead atoms. The number of hydrogen-bond donors (Lipinski definition) is 1. The third kappa shape index (κ3) is 4.73. The molecule has 0 spiro atoms. The van der Waals surface area contributed by atoms with Gasteiger partial charge in [-0.2, -0.15) is 0 Å². The predicted molar refractivity (Wildman–Crippen MR) is 132 cm³/mol. The minimum atomic E-state index is -0.486. The second-order valence-electron chi connectivity index (χ2n) is 7.72. The molecule has 0 saturated heterocycles. The quantitative estimate of drug-likeness (QED) is 0.250. The number of para-hydroxylation sites is 2. The van der Waals surface area contributed by atoms with Crippen molar-refractivity contribution in [3.8, 4) is 5.69 Å². The lowest BCUT2D eigenvalue weighted by Crippen LogP contribution is -2.24. The summed E-state index contributed by atoms with van der Waals surface area (Å²) in [6.07, 6.45) is 0. The summed E-state index contributed by atoms with van der Waals surface area (Å²) in [6.45, 7) is 5.18. The number of fused-ring (bicyclic) bond motifs is 1. The van der Waals surface area contributed by atoms with Crippen molar-refractivity contribution in [1.29, 1.82) is 0 Å². The second-order valence-corrected chi connectivity index (χ2v) is 9.03. The van der Waals surface area contributed by atoms with Gasteiger partial charge >= 0.3 is 0 Å². The van der Waals surface area contributed by atoms with E-state index in [2.05, 4.69) is 5.32 Å². The van der Waals surface area contributed by atoms with Gasteiger partial charge < -0.3 is 5.32 Å². The topological polar surface area (TPSA) is 81.1 Å². The van der Waals surface area contributed by atoms with Crippen molar-refractivity contribution < 1.29 is 9.59 Å². The van der Waals surface area contributed by atoms with Crippen LogP contribution in [0, 0.1) is 6.92 Å². The van der Waals surface area contributed by atoms with Gasteiger partial charge in [0.2, 0.25) is 5.91 Å². The van der Waals surface area contributed by atoms with Crippen molar-refractivity contribution in [2.75, 3.05) is 5.32 Å². The molecule has 0 radical (unpaired) electrons. The summed E-state index contributed by atoms with van der Waals surface area (Å²) in [6, 6.07) is 21.6. The fraction of sp³-hybridized carbons (Fsp3) is 0.154. The number of nitrogens with one attached hydrogen (secondary N) is 1. The van der Waals surface area contributed by atoms with Gasteiger partial charge in [-0.15, -0.1) is 0 Å². The molecular weight excluding hydrogens is 434 g/mol. The summed E-state index contributed by atoms with van der Waals surface area (Å²) in [5, 5.41) is 3.19. The van der Waals surface area contributed by atoms with Crippen molar-refractivity contribution in [3.05, 3.63) is 94.3 Å². The molecule has 4 aromatic rings. The molecule has 0 aliphatic rings. The van der Waals surface area contributed by atoms with E-state index in [9.17, 15) is 14.4 Å². The molecule has 0 aliphatic carbocycles. The Morgan fingerprint density at radius 3 is 2.33 bits per heavy atom. The van der Waals surface area contributed by atoms with Gasteiger partial charge in [0.1, 0.15) is 0 Å². The molecule has 4 rings (SSSR count). The number of aromatic nitrogens is 2. The summed E-state index contributed by atoms with van der Waals surface area (Å²) < 4.78 is 1.59. The van der Waals surface area contributed by atoms with E-state index >= 15 is 0 Å². The molecule has 0 fully saturated rings. The number of amides is 1. The van der Waals surface area contributed by atoms with Gasteiger partial charge in [-0.1, -0.05) is 42.1 Å². The van der Waals surface area contributed by atoms with Crippen LogP contribution in [0.5, 0.6) is 0 Å². The highest BCUT2D eigenvalue weighted by Gasteiger charge is 2.22. The molecule has 1 heterocycles. The van der Waals surface area contributed by atoms with Crippen LogP contribution in [0.15, 0.2) is 82.7 Å². The zero-order chi connectivity index (χ0) is 23.5. The SMILES string of the molecule is CC(=O)Nc1ccc(C(=O)C(C)Sc2nc3ccccc3c(=O)n2-c2ccccc2C)cc1. The molecule has 1 atom stereocenters. The first-order valence-electron chi connectivity index (χ1n) is 10.5. The third-order valence-electron chi connectivity index (χ3n) is 5.24. The van der Waals surface area contributed by atoms with Crippen LogP contribution in [0.1, 0.15) is 29.8 Å². The molecule has 1 amide bonds. The maximum Gasteiger partial charge on any atom is 0.266 e. The Balaban J connectivity index is 1.72. The average Bonchev–Trinajstić information content (AvgIpc) is 2.80. The number of anilines is 1. The Labute approximate surface area is 195 Å². The van der Waals surface area contributed by atoms with Crippen LogP contribution in [0.3, 0.4) is 0 Å². The van der Waals surface area contributed by atoms with E-state index in [4.69, 9.17) is 4.98 Å². The van der Waals surface area contributed by atoms with E-state index in [1.54, 1.807) is 47.9 Å². The van der Waals surface area contributed by atoms with Crippen molar-refractivity contribution in [2.24, 2.45) is 0 Å². The summed E-state index contributed by atoms with van der Waals surface area (Å²) in [4.78, 5) is 42.5. The van der Waals surface area contributed by atoms with Crippen molar-refractivity contribution in [3.63, 3.8) is 0 Å². The van der Waals surface area contributed by atoms with Crippen LogP contribution in [-0.4, -0.2) is 26.5 Å². The molecule has 6 nitrogen and oxygen atoms in total. The van der Waals surface area contributed by atoms with E-state index in [1.807, 2.05) is 43.3 Å². The van der Waals surface area contributed by atoms with Crippen LogP contribution < -0.4 is 10.9 Å². The second kappa shape index (κ2) is 9.42. The lowest BCUT2D eigenvalue weighted by molar-refractivity contribution is -0.114. The zero-order valence-electron chi connectivity index (χ0n) is 18.5. The number of aryl methyl sites for hydroxylation is 1. The molecule has 33 heavy (non-hydrogen) atoms. The highest BCUT2D eigenvalue weighted by molar-refractivity contribution is 8.00. The molecule has 3 aromatic carbocycles. The van der Waals surface area contributed by atoms with E-state index in [1.165, 1.54) is 18.7 Å². The Hall–Kier alpha value is -3.71. The molecule has 1 N–H and O–H groups in total. The highest BCUT2D eigenvalue weighted by Crippen LogP contribution is 2.28. The maximum atomic E-state index is 13.4. The largest absolute Gasteiger partial charge is 0.326 e. The van der Waals surface area contributed by atoms with Crippen LogP contribution >= 0.6 is 11.8 Å². The van der Waals surface area contributed by atoms with Crippen molar-refractivity contribution in [2.45, 2.75) is 31.2 Å². The monoisotopic (exact) mass is 457 g/mol. The molecule has 0 aliphatic heterocycles. The van der Waals surface area contributed by atoms with Crippen LogP contribution in [-0.2, 0) is 4.79 Å². The molecule has 0 saturated carbocycles. The number of ketones is 1. The normalized spacial score (nSPS) is 11.8. The molecule has 1 unspecified atom stereocenters. The molecule has 166 valence electrons. The van der Waals surface area contributed by atoms with Gasteiger partial charge in [0, 0.05) is 18.2 Å². The smallest absolute Gasteiger partial charge is 0.266 e. The zero-order valence-corrected chi connectivity index (χ0v) is 19.3. The molecule has 7 heteroatoms. The van der Waals surface area contributed by atoms with Crippen molar-refractivity contribution >= 4 is 40.0 Å². The van der Waals surface area contributed by atoms with E-state index < -0.39 is 5.25 Å². The summed E-state index contributed by atoms with van der Waals surface area (Å²) in [7, 11) is 0. The van der Waals surface area contributed by atoms with E-state index in [-0.39, 0.29) is 17.2 Å². The van der Waals surface area contributed by atoms with Gasteiger partial charge in [-0.3, -0.25) is 19.0 Å². The van der Waals surface area contributed by atoms with E-state index in [0.29, 0.717) is 27.3 Å². The fourth-order valence-electron chi connectivity index (χ4n) is 3.59. The Kier molecular flexibility index (Phi) is 6.42. The predicted octanol–water partition coefficient (Wildman–Crippen LogP) is 5.02. The number of nitrogens with zero attached hydrogens (tertiary/aromatic N) is 2. The number of Topliss-reactive ketones (excluding diaryl/α,β-unsaturated/α-hetero) is 1. The van der Waals surface area contributed by atoms with E-state index in [0.717, 1.165) is 11.3 Å². The number of carbonyl (C=O) groups excluding carboxylic acids is 2. The molecular formula is C26H23N3O3S. The van der Waals surface area contributed by atoms with Gasteiger partial charge in [-0.25, -0.2) is 4.98 Å². The lowest BCUT2D eigenvalue weighted by Gasteiger charge is -2.17. The minimum Gasteiger partial charge on any atom is -0.326 e. The minimum absolute atomic E-state index is 0.0897. The van der Waals surface area contributed by atoms with Gasteiger partial charge in [0.25, 0.3) is 5.56 Å². The summed E-state index contributed by atoms with van der Waals surface area (Å²) >= 11 is 1.25. The Morgan fingerprint density at radius 2 is 1.64 bits per heavy atom. The number of thioether (sulfide) groups is 1. The number of rotatable bonds is 6. The van der Waals surface area contributed by atoms with Crippen LogP contribution in [0.2, 0.25) is 0 Å². The Bertz CT molecular complexity index is 1410.